The molecule has 0 fully saturated rings. The zero-order valence-electron chi connectivity index (χ0n) is 9.10. The first-order chi connectivity index (χ1) is 7.87. The molecule has 0 saturated heterocycles. The second-order valence-corrected chi connectivity index (χ2v) is 6.08. The summed E-state index contributed by atoms with van der Waals surface area (Å²) in [5.41, 5.74) is -0.0208. The van der Waals surface area contributed by atoms with E-state index >= 15 is 0 Å². The van der Waals surface area contributed by atoms with E-state index in [4.69, 9.17) is 5.11 Å². The quantitative estimate of drug-likeness (QED) is 0.871. The van der Waals surface area contributed by atoms with Gasteiger partial charge in [-0.3, -0.25) is 4.72 Å². The van der Waals surface area contributed by atoms with E-state index in [9.17, 15) is 13.2 Å². The number of carboxylic acid groups (broad SMARTS) is 1. The van der Waals surface area contributed by atoms with E-state index < -0.39 is 16.0 Å². The molecule has 0 aliphatic rings. The van der Waals surface area contributed by atoms with Gasteiger partial charge in [0.05, 0.1) is 17.0 Å². The van der Waals surface area contributed by atoms with Gasteiger partial charge in [-0.25, -0.2) is 13.2 Å². The van der Waals surface area contributed by atoms with E-state index in [0.29, 0.717) is 10.9 Å². The topological polar surface area (TPSA) is 83.5 Å². The predicted octanol–water partition coefficient (Wildman–Crippen LogP) is 2.30. The number of hydrogen-bond donors (Lipinski definition) is 2. The van der Waals surface area contributed by atoms with E-state index in [1.165, 1.54) is 12.1 Å². The number of halogens is 1. The van der Waals surface area contributed by atoms with Crippen molar-refractivity contribution in [3.8, 4) is 0 Å². The van der Waals surface area contributed by atoms with Crippen molar-refractivity contribution in [3.63, 3.8) is 0 Å². The number of rotatable bonds is 5. The normalized spacial score (nSPS) is 11.2. The summed E-state index contributed by atoms with van der Waals surface area (Å²) in [6.07, 6.45) is 0.461. The SMILES string of the molecule is CCCS(=O)(=O)Nc1c(Br)cccc1C(=O)O. The molecule has 0 bridgehead atoms. The van der Waals surface area contributed by atoms with Gasteiger partial charge in [0.25, 0.3) is 0 Å². The Kier molecular flexibility index (Phi) is 4.53. The minimum atomic E-state index is -3.51. The van der Waals surface area contributed by atoms with E-state index in [-0.39, 0.29) is 17.0 Å². The first kappa shape index (κ1) is 14.0. The van der Waals surface area contributed by atoms with Crippen LogP contribution in [0.25, 0.3) is 0 Å². The van der Waals surface area contributed by atoms with Crippen molar-refractivity contribution in [2.75, 3.05) is 10.5 Å². The molecular weight excluding hydrogens is 310 g/mol. The molecule has 0 amide bonds. The Balaban J connectivity index is 3.18. The predicted molar refractivity (Wildman–Crippen MR) is 68.8 cm³/mol. The molecular formula is C10H12BrNO4S. The number of carboxylic acids is 1. The van der Waals surface area contributed by atoms with Gasteiger partial charge in [-0.05, 0) is 34.5 Å². The Labute approximate surface area is 108 Å². The first-order valence-electron chi connectivity index (χ1n) is 4.89. The third-order valence-electron chi connectivity index (χ3n) is 1.97. The molecule has 0 heterocycles. The number of anilines is 1. The van der Waals surface area contributed by atoms with Crippen LogP contribution >= 0.6 is 15.9 Å². The smallest absolute Gasteiger partial charge is 0.337 e. The van der Waals surface area contributed by atoms with Crippen LogP contribution in [0, 0.1) is 0 Å². The number of sulfonamides is 1. The van der Waals surface area contributed by atoms with Crippen LogP contribution in [-0.2, 0) is 10.0 Å². The molecule has 0 aromatic heterocycles. The van der Waals surface area contributed by atoms with Crippen LogP contribution in [0.4, 0.5) is 5.69 Å². The number of nitrogens with one attached hydrogen (secondary N) is 1. The van der Waals surface area contributed by atoms with Gasteiger partial charge in [0, 0.05) is 4.47 Å². The summed E-state index contributed by atoms with van der Waals surface area (Å²) in [6, 6.07) is 4.46. The maximum Gasteiger partial charge on any atom is 0.337 e. The van der Waals surface area contributed by atoms with Crippen molar-refractivity contribution in [1.29, 1.82) is 0 Å². The molecule has 0 aliphatic carbocycles. The van der Waals surface area contributed by atoms with Crippen LogP contribution in [0.15, 0.2) is 22.7 Å². The second-order valence-electron chi connectivity index (χ2n) is 3.39. The highest BCUT2D eigenvalue weighted by Crippen LogP contribution is 2.27. The third-order valence-corrected chi connectivity index (χ3v) is 4.10. The number of para-hydroxylation sites is 1. The summed E-state index contributed by atoms with van der Waals surface area (Å²) in [5.74, 6) is -1.23. The fourth-order valence-electron chi connectivity index (χ4n) is 1.28. The van der Waals surface area contributed by atoms with E-state index in [2.05, 4.69) is 20.7 Å². The molecule has 0 spiro atoms. The van der Waals surface area contributed by atoms with Crippen LogP contribution in [0.1, 0.15) is 23.7 Å². The molecule has 0 aliphatic heterocycles. The summed E-state index contributed by atoms with van der Waals surface area (Å²) >= 11 is 3.13. The monoisotopic (exact) mass is 321 g/mol. The van der Waals surface area contributed by atoms with Crippen molar-refractivity contribution in [1.82, 2.24) is 0 Å². The van der Waals surface area contributed by atoms with Crippen LogP contribution < -0.4 is 4.72 Å². The average molecular weight is 322 g/mol. The first-order valence-corrected chi connectivity index (χ1v) is 7.34. The fourth-order valence-corrected chi connectivity index (χ4v) is 3.05. The zero-order chi connectivity index (χ0) is 13.1. The molecule has 0 saturated carbocycles. The Bertz CT molecular complexity index is 527. The minimum absolute atomic E-state index is 0.0482. The van der Waals surface area contributed by atoms with E-state index in [0.717, 1.165) is 0 Å². The summed E-state index contributed by atoms with van der Waals surface area (Å²) in [6.45, 7) is 1.73. The minimum Gasteiger partial charge on any atom is -0.478 e. The molecule has 1 aromatic rings. The Hall–Kier alpha value is -1.08. The van der Waals surface area contributed by atoms with Gasteiger partial charge in [0.2, 0.25) is 10.0 Å². The van der Waals surface area contributed by atoms with Crippen molar-refractivity contribution >= 4 is 37.6 Å². The van der Waals surface area contributed by atoms with Crippen molar-refractivity contribution in [3.05, 3.63) is 28.2 Å². The van der Waals surface area contributed by atoms with Gasteiger partial charge in [0.15, 0.2) is 0 Å². The lowest BCUT2D eigenvalue weighted by Gasteiger charge is -2.11. The van der Waals surface area contributed by atoms with Crippen molar-refractivity contribution in [2.24, 2.45) is 0 Å². The molecule has 2 N–H and O–H groups in total. The van der Waals surface area contributed by atoms with Crippen molar-refractivity contribution in [2.45, 2.75) is 13.3 Å². The third kappa shape index (κ3) is 3.71. The van der Waals surface area contributed by atoms with Crippen molar-refractivity contribution < 1.29 is 18.3 Å². The Morgan fingerprint density at radius 2 is 2.12 bits per heavy atom. The second kappa shape index (κ2) is 5.50. The van der Waals surface area contributed by atoms with Crippen LogP contribution in [0.5, 0.6) is 0 Å². The highest BCUT2D eigenvalue weighted by molar-refractivity contribution is 9.10. The molecule has 0 unspecified atom stereocenters. The van der Waals surface area contributed by atoms with E-state index in [1.807, 2.05) is 0 Å². The Morgan fingerprint density at radius 1 is 1.47 bits per heavy atom. The van der Waals surface area contributed by atoms with Crippen LogP contribution in [0.3, 0.4) is 0 Å². The lowest BCUT2D eigenvalue weighted by molar-refractivity contribution is 0.0698. The molecule has 7 heteroatoms. The summed E-state index contributed by atoms with van der Waals surface area (Å²) in [5, 5.41) is 8.96. The van der Waals surface area contributed by atoms with Crippen LogP contribution in [-0.4, -0.2) is 25.2 Å². The number of carbonyl (C=O) groups is 1. The molecule has 1 rings (SSSR count). The summed E-state index contributed by atoms with van der Waals surface area (Å²) in [4.78, 5) is 11.0. The molecule has 1 aromatic carbocycles. The van der Waals surface area contributed by atoms with Gasteiger partial charge in [-0.1, -0.05) is 13.0 Å². The average Bonchev–Trinajstić information content (AvgIpc) is 2.20. The van der Waals surface area contributed by atoms with E-state index in [1.54, 1.807) is 13.0 Å². The maximum absolute atomic E-state index is 11.6. The number of hydrogen-bond acceptors (Lipinski definition) is 3. The van der Waals surface area contributed by atoms with Crippen LogP contribution in [0.2, 0.25) is 0 Å². The molecule has 5 nitrogen and oxygen atoms in total. The number of aromatic carboxylic acids is 1. The lowest BCUT2D eigenvalue weighted by atomic mass is 10.2. The Morgan fingerprint density at radius 3 is 2.65 bits per heavy atom. The van der Waals surface area contributed by atoms with Gasteiger partial charge >= 0.3 is 5.97 Å². The van der Waals surface area contributed by atoms with Gasteiger partial charge in [0.1, 0.15) is 0 Å². The fraction of sp³-hybridized carbons (Fsp3) is 0.300. The summed E-state index contributed by atoms with van der Waals surface area (Å²) in [7, 11) is -3.51. The maximum atomic E-state index is 11.6. The van der Waals surface area contributed by atoms with Gasteiger partial charge < -0.3 is 5.11 Å². The lowest BCUT2D eigenvalue weighted by Crippen LogP contribution is -2.18. The molecule has 0 radical (unpaired) electrons. The molecule has 94 valence electrons. The van der Waals surface area contributed by atoms with Gasteiger partial charge in [-0.15, -0.1) is 0 Å². The van der Waals surface area contributed by atoms with Gasteiger partial charge in [-0.2, -0.15) is 0 Å². The largest absolute Gasteiger partial charge is 0.478 e. The molecule has 0 atom stereocenters. The summed E-state index contributed by atoms with van der Waals surface area (Å²) < 4.78 is 25.9. The number of benzene rings is 1. The highest BCUT2D eigenvalue weighted by atomic mass is 79.9. The zero-order valence-corrected chi connectivity index (χ0v) is 11.5. The standard InChI is InChI=1S/C10H12BrNO4S/c1-2-6-17(15,16)12-9-7(10(13)14)4-3-5-8(9)11/h3-5,12H,2,6H2,1H3,(H,13,14). The highest BCUT2D eigenvalue weighted by Gasteiger charge is 2.17. The molecule has 17 heavy (non-hydrogen) atoms.